The molecular formula is C28H24N+. The number of hydrogen-bond donors (Lipinski definition) is 0. The van der Waals surface area contributed by atoms with E-state index in [1.807, 2.05) is 0 Å². The molecule has 0 amide bonds. The maximum atomic E-state index is 2.41. The van der Waals surface area contributed by atoms with Crippen LogP contribution in [0.3, 0.4) is 0 Å². The molecule has 29 heavy (non-hydrogen) atoms. The monoisotopic (exact) mass is 374 g/mol. The summed E-state index contributed by atoms with van der Waals surface area (Å²) in [6, 6.07) is 25.3. The van der Waals surface area contributed by atoms with E-state index in [-0.39, 0.29) is 0 Å². The third-order valence-electron chi connectivity index (χ3n) is 6.75. The molecule has 0 radical (unpaired) electrons. The number of benzene rings is 3. The third-order valence-corrected chi connectivity index (χ3v) is 6.75. The lowest BCUT2D eigenvalue weighted by atomic mass is 9.92. The smallest absolute Gasteiger partial charge is 0.201 e. The minimum atomic E-state index is 1.01. The SMILES string of the molecule is Cc1ccc2c3c1-c1cc(cc[n+]1C)CCc1cccc(c1)-c1cccc-2c1C3. The first-order valence-electron chi connectivity index (χ1n) is 10.5. The Morgan fingerprint density at radius 3 is 2.38 bits per heavy atom. The van der Waals surface area contributed by atoms with Crippen LogP contribution >= 0.6 is 0 Å². The zero-order valence-electron chi connectivity index (χ0n) is 17.0. The van der Waals surface area contributed by atoms with E-state index in [0.717, 1.165) is 19.3 Å². The van der Waals surface area contributed by atoms with Crippen molar-refractivity contribution >= 4 is 0 Å². The van der Waals surface area contributed by atoms with Crippen molar-refractivity contribution in [3.8, 4) is 33.5 Å². The molecule has 140 valence electrons. The molecule has 0 fully saturated rings. The van der Waals surface area contributed by atoms with Crippen LogP contribution in [0, 0.1) is 6.92 Å². The van der Waals surface area contributed by atoms with Crippen LogP contribution in [-0.2, 0) is 26.3 Å². The van der Waals surface area contributed by atoms with Gasteiger partial charge >= 0.3 is 0 Å². The molecule has 0 aliphatic heterocycles. The van der Waals surface area contributed by atoms with Crippen molar-refractivity contribution in [2.75, 3.05) is 0 Å². The van der Waals surface area contributed by atoms with Crippen molar-refractivity contribution < 1.29 is 4.57 Å². The Hall–Kier alpha value is -3.19. The first-order valence-corrected chi connectivity index (χ1v) is 10.5. The number of nitrogens with zero attached hydrogens (tertiary/aromatic N) is 1. The summed E-state index contributed by atoms with van der Waals surface area (Å²) in [6.07, 6.45) is 5.37. The predicted octanol–water partition coefficient (Wildman–Crippen LogP) is 5.82. The average Bonchev–Trinajstić information content (AvgIpc) is 3.12. The molecule has 6 rings (SSSR count). The average molecular weight is 375 g/mol. The van der Waals surface area contributed by atoms with Crippen molar-refractivity contribution in [1.82, 2.24) is 0 Å². The molecule has 0 spiro atoms. The van der Waals surface area contributed by atoms with Crippen molar-refractivity contribution in [1.29, 1.82) is 0 Å². The number of hydrogen-bond acceptors (Lipinski definition) is 0. The van der Waals surface area contributed by atoms with Gasteiger partial charge in [-0.25, -0.2) is 4.57 Å². The molecule has 1 aromatic heterocycles. The highest BCUT2D eigenvalue weighted by Gasteiger charge is 2.28. The summed E-state index contributed by atoms with van der Waals surface area (Å²) < 4.78 is 2.29. The molecule has 0 saturated carbocycles. The second kappa shape index (κ2) is 6.15. The van der Waals surface area contributed by atoms with Crippen LogP contribution in [0.25, 0.3) is 33.5 Å². The second-order valence-corrected chi connectivity index (χ2v) is 8.52. The van der Waals surface area contributed by atoms with E-state index in [4.69, 9.17) is 0 Å². The lowest BCUT2D eigenvalue weighted by molar-refractivity contribution is -0.660. The van der Waals surface area contributed by atoms with Crippen molar-refractivity contribution in [3.63, 3.8) is 0 Å². The topological polar surface area (TPSA) is 3.88 Å². The van der Waals surface area contributed by atoms with E-state index in [1.54, 1.807) is 0 Å². The van der Waals surface area contributed by atoms with Crippen LogP contribution in [0.15, 0.2) is 72.9 Å². The van der Waals surface area contributed by atoms with Crippen molar-refractivity contribution in [3.05, 3.63) is 101 Å². The van der Waals surface area contributed by atoms with E-state index in [1.165, 1.54) is 61.3 Å². The van der Waals surface area contributed by atoms with Crippen molar-refractivity contribution in [2.45, 2.75) is 26.2 Å². The van der Waals surface area contributed by atoms with Gasteiger partial charge in [-0.05, 0) is 69.8 Å². The fourth-order valence-corrected chi connectivity index (χ4v) is 5.23. The lowest BCUT2D eigenvalue weighted by Crippen LogP contribution is -2.31. The summed E-state index contributed by atoms with van der Waals surface area (Å²) in [5.74, 6) is 0. The molecule has 4 aromatic rings. The highest BCUT2D eigenvalue weighted by atomic mass is 14.9. The molecular weight excluding hydrogens is 350 g/mol. The first-order chi connectivity index (χ1) is 14.2. The Kier molecular flexibility index (Phi) is 3.55. The standard InChI is InChI=1S/C28H24N/c1-18-9-12-24-23-8-4-7-22-21-6-3-5-19(15-21)10-11-20-13-14-29(2)27(16-20)28(18)26(24)17-25(22)23/h3-9,12-16H,10-11,17H2,1-2H3/q+1. The summed E-state index contributed by atoms with van der Waals surface area (Å²) in [5.41, 5.74) is 15.4. The minimum absolute atomic E-state index is 1.01. The number of pyridine rings is 1. The van der Waals surface area contributed by atoms with Crippen LogP contribution in [-0.4, -0.2) is 0 Å². The highest BCUT2D eigenvalue weighted by Crippen LogP contribution is 2.46. The van der Waals surface area contributed by atoms with E-state index in [2.05, 4.69) is 91.5 Å². The van der Waals surface area contributed by atoms with E-state index in [0.29, 0.717) is 0 Å². The Bertz CT molecular complexity index is 1300. The largest absolute Gasteiger partial charge is 0.213 e. The molecule has 0 N–H and O–H groups in total. The van der Waals surface area contributed by atoms with Gasteiger partial charge in [-0.2, -0.15) is 0 Å². The second-order valence-electron chi connectivity index (χ2n) is 8.52. The quantitative estimate of drug-likeness (QED) is 0.301. The van der Waals surface area contributed by atoms with Gasteiger partial charge in [-0.3, -0.25) is 0 Å². The number of fused-ring (bicyclic) bond motifs is 7. The molecule has 3 aromatic carbocycles. The van der Waals surface area contributed by atoms with E-state index < -0.39 is 0 Å². The summed E-state index contributed by atoms with van der Waals surface area (Å²) in [7, 11) is 2.17. The highest BCUT2D eigenvalue weighted by molar-refractivity contribution is 5.89. The van der Waals surface area contributed by atoms with Gasteiger partial charge in [0.15, 0.2) is 6.20 Å². The summed E-state index contributed by atoms with van der Waals surface area (Å²) in [4.78, 5) is 0. The number of rotatable bonds is 0. The summed E-state index contributed by atoms with van der Waals surface area (Å²) in [5, 5.41) is 0. The molecule has 0 unspecified atom stereocenters. The summed E-state index contributed by atoms with van der Waals surface area (Å²) >= 11 is 0. The Balaban J connectivity index is 1.72. The molecule has 1 heteroatoms. The molecule has 6 bridgehead atoms. The molecule has 0 atom stereocenters. The molecule has 2 aliphatic carbocycles. The Morgan fingerprint density at radius 1 is 0.724 bits per heavy atom. The third kappa shape index (κ3) is 2.50. The van der Waals surface area contributed by atoms with Crippen LogP contribution in [0.2, 0.25) is 0 Å². The minimum Gasteiger partial charge on any atom is -0.201 e. The number of aromatic nitrogens is 1. The predicted molar refractivity (Wildman–Crippen MR) is 119 cm³/mol. The van der Waals surface area contributed by atoms with Crippen LogP contribution < -0.4 is 4.57 Å². The Morgan fingerprint density at radius 2 is 1.48 bits per heavy atom. The zero-order valence-corrected chi connectivity index (χ0v) is 17.0. The molecule has 0 saturated heterocycles. The molecule has 2 aliphatic rings. The fourth-order valence-electron chi connectivity index (χ4n) is 5.23. The lowest BCUT2D eigenvalue weighted by Gasteiger charge is -2.12. The normalized spacial score (nSPS) is 13.4. The fraction of sp³-hybridized carbons (Fsp3) is 0.179. The van der Waals surface area contributed by atoms with Gasteiger partial charge in [0.2, 0.25) is 5.69 Å². The number of aryl methyl sites for hydroxylation is 4. The molecule has 1 heterocycles. The van der Waals surface area contributed by atoms with Gasteiger partial charge < -0.3 is 0 Å². The maximum absolute atomic E-state index is 2.41. The van der Waals surface area contributed by atoms with E-state index in [9.17, 15) is 0 Å². The van der Waals surface area contributed by atoms with Gasteiger partial charge in [0.05, 0.1) is 5.56 Å². The summed E-state index contributed by atoms with van der Waals surface area (Å²) in [6.45, 7) is 2.26. The van der Waals surface area contributed by atoms with Gasteiger partial charge in [0.1, 0.15) is 7.05 Å². The van der Waals surface area contributed by atoms with E-state index >= 15 is 0 Å². The Labute approximate surface area is 172 Å². The van der Waals surface area contributed by atoms with Crippen LogP contribution in [0.5, 0.6) is 0 Å². The van der Waals surface area contributed by atoms with Crippen molar-refractivity contribution in [2.24, 2.45) is 7.05 Å². The first kappa shape index (κ1) is 16.7. The van der Waals surface area contributed by atoms with Gasteiger partial charge in [-0.15, -0.1) is 0 Å². The van der Waals surface area contributed by atoms with Gasteiger partial charge in [0.25, 0.3) is 0 Å². The van der Waals surface area contributed by atoms with Gasteiger partial charge in [0, 0.05) is 18.6 Å². The van der Waals surface area contributed by atoms with Crippen LogP contribution in [0.4, 0.5) is 0 Å². The van der Waals surface area contributed by atoms with Crippen LogP contribution in [0.1, 0.15) is 27.8 Å². The molecule has 1 nitrogen and oxygen atoms in total. The zero-order chi connectivity index (χ0) is 19.5. The maximum Gasteiger partial charge on any atom is 0.213 e. The van der Waals surface area contributed by atoms with Gasteiger partial charge in [-0.1, -0.05) is 54.6 Å².